The highest BCUT2D eigenvalue weighted by Crippen LogP contribution is 2.29. The molecule has 128 valence electrons. The monoisotopic (exact) mass is 342 g/mol. The van der Waals surface area contributed by atoms with Crippen LogP contribution in [-0.2, 0) is 16.1 Å². The van der Waals surface area contributed by atoms with E-state index in [4.69, 9.17) is 0 Å². The van der Waals surface area contributed by atoms with Crippen LogP contribution in [0.2, 0.25) is 0 Å². The van der Waals surface area contributed by atoms with Gasteiger partial charge in [-0.1, -0.05) is 24.3 Å². The number of aromatic hydroxyl groups is 2. The Morgan fingerprint density at radius 3 is 2.52 bits per heavy atom. The molecule has 25 heavy (non-hydrogen) atoms. The highest BCUT2D eigenvalue weighted by Gasteiger charge is 2.42. The Hall–Kier alpha value is -3.39. The Labute approximate surface area is 141 Å². The first-order chi connectivity index (χ1) is 11.9. The van der Waals surface area contributed by atoms with Crippen molar-refractivity contribution in [2.45, 2.75) is 12.5 Å². The third-order valence-corrected chi connectivity index (χ3v) is 3.92. The van der Waals surface area contributed by atoms with Gasteiger partial charge in [0.2, 0.25) is 5.91 Å². The minimum atomic E-state index is -1.36. The summed E-state index contributed by atoms with van der Waals surface area (Å²) in [6.45, 7) is -0.0159. The molecule has 1 aliphatic heterocycles. The quantitative estimate of drug-likeness (QED) is 0.284. The maximum Gasteiger partial charge on any atom is 0.284 e. The van der Waals surface area contributed by atoms with Gasteiger partial charge in [0.05, 0.1) is 0 Å². The molecule has 1 atom stereocenters. The van der Waals surface area contributed by atoms with Gasteiger partial charge in [0, 0.05) is 12.1 Å². The second kappa shape index (κ2) is 6.25. The van der Waals surface area contributed by atoms with Crippen LogP contribution < -0.4 is 5.32 Å². The van der Waals surface area contributed by atoms with Gasteiger partial charge in [-0.2, -0.15) is 5.06 Å². The zero-order valence-corrected chi connectivity index (χ0v) is 12.8. The normalized spacial score (nSPS) is 16.5. The second-order valence-corrected chi connectivity index (χ2v) is 5.52. The number of carbonyl (C=O) groups excluding carboxylic acids is 3. The molecule has 4 N–H and O–H groups in total. The summed E-state index contributed by atoms with van der Waals surface area (Å²) in [4.78, 5) is 36.5. The molecule has 0 aromatic heterocycles. The zero-order valence-electron chi connectivity index (χ0n) is 12.8. The maximum absolute atomic E-state index is 12.5. The molecule has 3 amide bonds. The Bertz CT molecular complexity index is 879. The topological polar surface area (TPSA) is 127 Å². The van der Waals surface area contributed by atoms with Crippen LogP contribution in [0.1, 0.15) is 27.4 Å². The number of phenolic OH excluding ortho intramolecular Hbond substituents is 2. The lowest BCUT2D eigenvalue weighted by atomic mass is 9.88. The molecule has 0 saturated carbocycles. The summed E-state index contributed by atoms with van der Waals surface area (Å²) >= 11 is 0. The van der Waals surface area contributed by atoms with Crippen molar-refractivity contribution in [3.05, 3.63) is 59.2 Å². The van der Waals surface area contributed by atoms with Gasteiger partial charge in [-0.3, -0.25) is 19.6 Å². The molecular formula is C17H14N2O6. The molecule has 8 nitrogen and oxygen atoms in total. The molecular weight excluding hydrogens is 328 g/mol. The Kier molecular flexibility index (Phi) is 4.12. The van der Waals surface area contributed by atoms with Gasteiger partial charge in [0.15, 0.2) is 11.5 Å². The number of benzene rings is 2. The number of fused-ring (bicyclic) bond motifs is 1. The molecule has 8 heteroatoms. The molecule has 0 fully saturated rings. The van der Waals surface area contributed by atoms with E-state index < -0.39 is 23.6 Å². The highest BCUT2D eigenvalue weighted by molar-refractivity contribution is 6.18. The van der Waals surface area contributed by atoms with Crippen molar-refractivity contribution in [3.63, 3.8) is 0 Å². The maximum atomic E-state index is 12.5. The average molecular weight is 342 g/mol. The van der Waals surface area contributed by atoms with Gasteiger partial charge in [0.25, 0.3) is 11.8 Å². The molecule has 0 radical (unpaired) electrons. The first-order valence-corrected chi connectivity index (χ1v) is 7.35. The fourth-order valence-corrected chi connectivity index (χ4v) is 2.64. The summed E-state index contributed by atoms with van der Waals surface area (Å²) in [6.07, 6.45) is 0. The number of hydrogen-bond acceptors (Lipinski definition) is 6. The van der Waals surface area contributed by atoms with E-state index in [9.17, 15) is 29.8 Å². The summed E-state index contributed by atoms with van der Waals surface area (Å²) in [5.41, 5.74) is 0.790. The van der Waals surface area contributed by atoms with Crippen LogP contribution >= 0.6 is 0 Å². The number of nitrogens with one attached hydrogen (secondary N) is 1. The summed E-state index contributed by atoms with van der Waals surface area (Å²) in [6, 6.07) is 10.1. The zero-order chi connectivity index (χ0) is 18.1. The molecule has 2 aromatic carbocycles. The summed E-state index contributed by atoms with van der Waals surface area (Å²) in [5.74, 6) is -4.59. The SMILES string of the molecule is O=C(NCc1ccc(O)c(O)c1)C1C(=O)N(O)C(=O)c2ccccc21. The predicted octanol–water partition coefficient (Wildman–Crippen LogP) is 0.869. The molecule has 1 aliphatic rings. The summed E-state index contributed by atoms with van der Waals surface area (Å²) in [5, 5.41) is 30.9. The van der Waals surface area contributed by atoms with E-state index in [1.54, 1.807) is 12.1 Å². The first-order valence-electron chi connectivity index (χ1n) is 7.35. The molecule has 0 bridgehead atoms. The minimum Gasteiger partial charge on any atom is -0.504 e. The van der Waals surface area contributed by atoms with Crippen LogP contribution in [0.25, 0.3) is 0 Å². The van der Waals surface area contributed by atoms with E-state index in [-0.39, 0.29) is 34.2 Å². The van der Waals surface area contributed by atoms with Crippen LogP contribution in [0, 0.1) is 0 Å². The number of amides is 3. The van der Waals surface area contributed by atoms with Crippen molar-refractivity contribution >= 4 is 17.7 Å². The Morgan fingerprint density at radius 1 is 1.08 bits per heavy atom. The van der Waals surface area contributed by atoms with Crippen LogP contribution in [0.5, 0.6) is 11.5 Å². The van der Waals surface area contributed by atoms with E-state index in [1.807, 2.05) is 0 Å². The van der Waals surface area contributed by atoms with Gasteiger partial charge in [-0.05, 0) is 29.3 Å². The van der Waals surface area contributed by atoms with E-state index in [1.165, 1.54) is 30.3 Å². The van der Waals surface area contributed by atoms with Gasteiger partial charge < -0.3 is 15.5 Å². The highest BCUT2D eigenvalue weighted by atomic mass is 16.5. The molecule has 0 aliphatic carbocycles. The van der Waals surface area contributed by atoms with E-state index >= 15 is 0 Å². The molecule has 1 unspecified atom stereocenters. The number of carbonyl (C=O) groups is 3. The first kappa shape index (κ1) is 16.5. The predicted molar refractivity (Wildman–Crippen MR) is 83.8 cm³/mol. The van der Waals surface area contributed by atoms with Crippen LogP contribution in [0.4, 0.5) is 0 Å². The van der Waals surface area contributed by atoms with Gasteiger partial charge in [-0.15, -0.1) is 0 Å². The molecule has 3 rings (SSSR count). The fourth-order valence-electron chi connectivity index (χ4n) is 2.64. The molecule has 2 aromatic rings. The number of phenols is 2. The van der Waals surface area contributed by atoms with E-state index in [0.717, 1.165) is 0 Å². The third kappa shape index (κ3) is 2.90. The lowest BCUT2D eigenvalue weighted by Gasteiger charge is -2.27. The lowest BCUT2D eigenvalue weighted by Crippen LogP contribution is -2.47. The van der Waals surface area contributed by atoms with Crippen molar-refractivity contribution in [3.8, 4) is 11.5 Å². The van der Waals surface area contributed by atoms with E-state index in [2.05, 4.69) is 5.32 Å². The Morgan fingerprint density at radius 2 is 1.80 bits per heavy atom. The second-order valence-electron chi connectivity index (χ2n) is 5.52. The molecule has 0 spiro atoms. The number of hydroxylamine groups is 2. The lowest BCUT2D eigenvalue weighted by molar-refractivity contribution is -0.158. The van der Waals surface area contributed by atoms with Crippen LogP contribution in [0.15, 0.2) is 42.5 Å². The standard InChI is InChI=1S/C17H14N2O6/c20-12-6-5-9(7-13(12)21)8-18-15(22)14-10-3-1-2-4-11(10)16(23)19(25)17(14)24/h1-7,14,20-21,25H,8H2,(H,18,22). The van der Waals surface area contributed by atoms with Gasteiger partial charge in [0.1, 0.15) is 5.92 Å². The van der Waals surface area contributed by atoms with Crippen LogP contribution in [-0.4, -0.2) is 38.2 Å². The number of imide groups is 1. The third-order valence-electron chi connectivity index (χ3n) is 3.92. The number of hydrogen-bond donors (Lipinski definition) is 4. The summed E-state index contributed by atoms with van der Waals surface area (Å²) < 4.78 is 0. The minimum absolute atomic E-state index is 0.0159. The van der Waals surface area contributed by atoms with E-state index in [0.29, 0.717) is 5.56 Å². The largest absolute Gasteiger partial charge is 0.504 e. The van der Waals surface area contributed by atoms with Gasteiger partial charge in [-0.25, -0.2) is 0 Å². The van der Waals surface area contributed by atoms with Crippen molar-refractivity contribution < 1.29 is 29.8 Å². The fraction of sp³-hybridized carbons (Fsp3) is 0.118. The Balaban J connectivity index is 1.83. The molecule has 1 heterocycles. The van der Waals surface area contributed by atoms with Crippen molar-refractivity contribution in [2.24, 2.45) is 0 Å². The average Bonchev–Trinajstić information content (AvgIpc) is 2.61. The smallest absolute Gasteiger partial charge is 0.284 e. The number of rotatable bonds is 3. The van der Waals surface area contributed by atoms with Crippen molar-refractivity contribution in [1.29, 1.82) is 0 Å². The van der Waals surface area contributed by atoms with Crippen molar-refractivity contribution in [2.75, 3.05) is 0 Å². The summed E-state index contributed by atoms with van der Waals surface area (Å²) in [7, 11) is 0. The molecule has 0 saturated heterocycles. The van der Waals surface area contributed by atoms with Crippen molar-refractivity contribution in [1.82, 2.24) is 10.4 Å². The van der Waals surface area contributed by atoms with Gasteiger partial charge >= 0.3 is 0 Å². The number of nitrogens with zero attached hydrogens (tertiary/aromatic N) is 1. The van der Waals surface area contributed by atoms with Crippen LogP contribution in [0.3, 0.4) is 0 Å².